The molecule has 0 saturated carbocycles. The van der Waals surface area contributed by atoms with Crippen molar-refractivity contribution in [1.29, 1.82) is 0 Å². The lowest BCUT2D eigenvalue weighted by Gasteiger charge is -2.18. The first kappa shape index (κ1) is 18.7. The number of aromatic nitrogens is 2. The van der Waals surface area contributed by atoms with Crippen LogP contribution < -0.4 is 10.3 Å². The molecule has 0 aliphatic rings. The van der Waals surface area contributed by atoms with Crippen molar-refractivity contribution in [3.63, 3.8) is 0 Å². The number of ketones is 1. The van der Waals surface area contributed by atoms with Gasteiger partial charge in [0.25, 0.3) is 5.56 Å². The zero-order valence-corrected chi connectivity index (χ0v) is 14.5. The van der Waals surface area contributed by atoms with Crippen LogP contribution in [0, 0.1) is 0 Å². The summed E-state index contributed by atoms with van der Waals surface area (Å²) in [7, 11) is 0. The Morgan fingerprint density at radius 2 is 2.00 bits per heavy atom. The third-order valence-electron chi connectivity index (χ3n) is 3.17. The van der Waals surface area contributed by atoms with E-state index in [1.807, 2.05) is 0 Å². The minimum atomic E-state index is -0.693. The quantitative estimate of drug-likeness (QED) is 0.757. The number of nitrogens with one attached hydrogen (secondary N) is 1. The number of rotatable bonds is 7. The van der Waals surface area contributed by atoms with Gasteiger partial charge in [-0.1, -0.05) is 11.6 Å². The maximum atomic E-state index is 11.3. The summed E-state index contributed by atoms with van der Waals surface area (Å²) in [6, 6.07) is 7.80. The van der Waals surface area contributed by atoms with Gasteiger partial charge in [0.05, 0.1) is 5.69 Å². The zero-order chi connectivity index (χ0) is 18.4. The van der Waals surface area contributed by atoms with Gasteiger partial charge in [0, 0.05) is 30.0 Å². The summed E-state index contributed by atoms with van der Waals surface area (Å²) in [6.07, 6.45) is -0.638. The van der Waals surface area contributed by atoms with Gasteiger partial charge in [-0.25, -0.2) is 5.10 Å². The van der Waals surface area contributed by atoms with E-state index in [0.717, 1.165) is 0 Å². The molecule has 132 valence electrons. The molecule has 1 aromatic heterocycles. The maximum absolute atomic E-state index is 11.3. The van der Waals surface area contributed by atoms with Gasteiger partial charge in [-0.3, -0.25) is 14.4 Å². The van der Waals surface area contributed by atoms with Crippen LogP contribution in [0.1, 0.15) is 20.3 Å². The minimum absolute atomic E-state index is 0.00283. The molecule has 0 aliphatic heterocycles. The summed E-state index contributed by atoms with van der Waals surface area (Å²) < 4.78 is 10.8. The number of H-pyrrole nitrogens is 1. The standard InChI is InChI=1S/C17H17ClN2O5/c1-10(21)7-13(25-11(2)22)9-24-16-5-3-12(18)8-14(16)15-4-6-17(23)20-19-15/h3-6,8,13H,7,9H2,1-2H3,(H,20,23). The number of benzene rings is 1. The zero-order valence-electron chi connectivity index (χ0n) is 13.7. The molecule has 1 atom stereocenters. The smallest absolute Gasteiger partial charge is 0.303 e. The predicted octanol–water partition coefficient (Wildman–Crippen LogP) is 2.38. The molecule has 0 amide bonds. The molecule has 0 spiro atoms. The van der Waals surface area contributed by atoms with Crippen LogP contribution in [0.2, 0.25) is 5.02 Å². The molecule has 0 bridgehead atoms. The number of hydrogen-bond acceptors (Lipinski definition) is 6. The third-order valence-corrected chi connectivity index (χ3v) is 3.40. The number of nitrogens with zero attached hydrogens (tertiary/aromatic N) is 1. The number of halogens is 1. The summed E-state index contributed by atoms with van der Waals surface area (Å²) in [5.74, 6) is -0.174. The molecule has 0 fully saturated rings. The Bertz CT molecular complexity index is 798. The average molecular weight is 365 g/mol. The number of Topliss-reactive ketones (excluding diaryl/α,β-unsaturated/α-hetero) is 1. The van der Waals surface area contributed by atoms with Crippen molar-refractivity contribution in [3.05, 3.63) is 45.7 Å². The number of carbonyl (C=O) groups excluding carboxylic acids is 2. The summed E-state index contributed by atoms with van der Waals surface area (Å²) in [6.45, 7) is 2.68. The van der Waals surface area contributed by atoms with Crippen molar-refractivity contribution >= 4 is 23.4 Å². The molecule has 8 heteroatoms. The first-order chi connectivity index (χ1) is 11.8. The highest BCUT2D eigenvalue weighted by atomic mass is 35.5. The van der Waals surface area contributed by atoms with E-state index in [4.69, 9.17) is 21.1 Å². The van der Waals surface area contributed by atoms with Gasteiger partial charge in [0.2, 0.25) is 0 Å². The molecule has 1 unspecified atom stereocenters. The van der Waals surface area contributed by atoms with Crippen LogP contribution in [0.3, 0.4) is 0 Å². The fourth-order valence-corrected chi connectivity index (χ4v) is 2.37. The lowest BCUT2D eigenvalue weighted by atomic mass is 10.1. The summed E-state index contributed by atoms with van der Waals surface area (Å²) in [5, 5.41) is 6.77. The Labute approximate surface area is 148 Å². The second-order valence-corrected chi connectivity index (χ2v) is 5.83. The molecule has 0 saturated heterocycles. The molecule has 1 N–H and O–H groups in total. The van der Waals surface area contributed by atoms with Crippen LogP contribution in [0.5, 0.6) is 5.75 Å². The van der Waals surface area contributed by atoms with E-state index in [9.17, 15) is 14.4 Å². The summed E-state index contributed by atoms with van der Waals surface area (Å²) in [4.78, 5) is 33.6. The average Bonchev–Trinajstić information content (AvgIpc) is 2.53. The van der Waals surface area contributed by atoms with Gasteiger partial charge >= 0.3 is 5.97 Å². The Kier molecular flexibility index (Phi) is 6.30. The largest absolute Gasteiger partial charge is 0.489 e. The van der Waals surface area contributed by atoms with E-state index in [1.54, 1.807) is 18.2 Å². The summed E-state index contributed by atoms with van der Waals surface area (Å²) in [5.41, 5.74) is 0.700. The topological polar surface area (TPSA) is 98.4 Å². The van der Waals surface area contributed by atoms with E-state index in [0.29, 0.717) is 22.0 Å². The van der Waals surface area contributed by atoms with Crippen LogP contribution in [-0.4, -0.2) is 34.7 Å². The van der Waals surface area contributed by atoms with E-state index >= 15 is 0 Å². The van der Waals surface area contributed by atoms with Crippen molar-refractivity contribution in [1.82, 2.24) is 10.2 Å². The first-order valence-electron chi connectivity index (χ1n) is 7.50. The monoisotopic (exact) mass is 364 g/mol. The highest BCUT2D eigenvalue weighted by Gasteiger charge is 2.17. The normalized spacial score (nSPS) is 11.6. The SMILES string of the molecule is CC(=O)CC(COc1ccc(Cl)cc1-c1ccc(=O)[nH]n1)OC(C)=O. The molecule has 0 aliphatic carbocycles. The molecule has 7 nitrogen and oxygen atoms in total. The van der Waals surface area contributed by atoms with E-state index in [1.165, 1.54) is 26.0 Å². The fourth-order valence-electron chi connectivity index (χ4n) is 2.20. The van der Waals surface area contributed by atoms with Gasteiger partial charge < -0.3 is 9.47 Å². The van der Waals surface area contributed by atoms with Crippen LogP contribution >= 0.6 is 11.6 Å². The second kappa shape index (κ2) is 8.43. The molecule has 1 heterocycles. The molecule has 2 aromatic rings. The van der Waals surface area contributed by atoms with Gasteiger partial charge in [0.15, 0.2) is 0 Å². The molecule has 1 aromatic carbocycles. The van der Waals surface area contributed by atoms with E-state index < -0.39 is 12.1 Å². The van der Waals surface area contributed by atoms with Crippen molar-refractivity contribution < 1.29 is 19.1 Å². The van der Waals surface area contributed by atoms with Crippen LogP contribution in [0.15, 0.2) is 35.1 Å². The van der Waals surface area contributed by atoms with E-state index in [2.05, 4.69) is 10.2 Å². The summed E-state index contributed by atoms with van der Waals surface area (Å²) >= 11 is 6.03. The fraction of sp³-hybridized carbons (Fsp3) is 0.294. The first-order valence-corrected chi connectivity index (χ1v) is 7.88. The van der Waals surface area contributed by atoms with Crippen molar-refractivity contribution in [3.8, 4) is 17.0 Å². The Balaban J connectivity index is 2.23. The Morgan fingerprint density at radius 3 is 2.60 bits per heavy atom. The minimum Gasteiger partial charge on any atom is -0.489 e. The van der Waals surface area contributed by atoms with Gasteiger partial charge in [0.1, 0.15) is 24.2 Å². The second-order valence-electron chi connectivity index (χ2n) is 5.40. The predicted molar refractivity (Wildman–Crippen MR) is 91.7 cm³/mol. The van der Waals surface area contributed by atoms with E-state index in [-0.39, 0.29) is 24.4 Å². The van der Waals surface area contributed by atoms with Crippen LogP contribution in [-0.2, 0) is 14.3 Å². The molecular weight excluding hydrogens is 348 g/mol. The highest BCUT2D eigenvalue weighted by Crippen LogP contribution is 2.31. The van der Waals surface area contributed by atoms with Gasteiger partial charge in [-0.2, -0.15) is 5.10 Å². The maximum Gasteiger partial charge on any atom is 0.303 e. The van der Waals surface area contributed by atoms with Crippen molar-refractivity contribution in [2.45, 2.75) is 26.4 Å². The van der Waals surface area contributed by atoms with Crippen LogP contribution in [0.4, 0.5) is 0 Å². The molecule has 0 radical (unpaired) electrons. The van der Waals surface area contributed by atoms with Crippen molar-refractivity contribution in [2.75, 3.05) is 6.61 Å². The lowest BCUT2D eigenvalue weighted by molar-refractivity contribution is -0.149. The molecule has 2 rings (SSSR count). The van der Waals surface area contributed by atoms with Gasteiger partial charge in [-0.05, 0) is 31.2 Å². The Hall–Kier alpha value is -2.67. The number of ether oxygens (including phenoxy) is 2. The highest BCUT2D eigenvalue weighted by molar-refractivity contribution is 6.30. The number of hydrogen-bond donors (Lipinski definition) is 1. The van der Waals surface area contributed by atoms with Crippen LogP contribution in [0.25, 0.3) is 11.3 Å². The molecular formula is C17H17ClN2O5. The number of aromatic amines is 1. The molecule has 25 heavy (non-hydrogen) atoms. The van der Waals surface area contributed by atoms with Gasteiger partial charge in [-0.15, -0.1) is 0 Å². The van der Waals surface area contributed by atoms with Crippen molar-refractivity contribution in [2.24, 2.45) is 0 Å². The Morgan fingerprint density at radius 1 is 1.24 bits per heavy atom. The number of carbonyl (C=O) groups is 2. The lowest BCUT2D eigenvalue weighted by Crippen LogP contribution is -2.26. The number of esters is 1. The third kappa shape index (κ3) is 5.72.